The van der Waals surface area contributed by atoms with Crippen LogP contribution < -0.4 is 21.1 Å². The van der Waals surface area contributed by atoms with E-state index in [1.165, 1.54) is 30.5 Å². The van der Waals surface area contributed by atoms with Crippen molar-refractivity contribution in [3.8, 4) is 11.5 Å². The third kappa shape index (κ3) is 5.28. The Morgan fingerprint density at radius 1 is 1.07 bits per heavy atom. The lowest BCUT2D eigenvalue weighted by Crippen LogP contribution is -2.35. The van der Waals surface area contributed by atoms with Gasteiger partial charge in [0.15, 0.2) is 11.6 Å². The molecule has 0 aliphatic heterocycles. The predicted molar refractivity (Wildman–Crippen MR) is 102 cm³/mol. The summed E-state index contributed by atoms with van der Waals surface area (Å²) in [7, 11) is 0. The molecule has 2 aromatic carbocycles. The van der Waals surface area contributed by atoms with Gasteiger partial charge >= 0.3 is 6.03 Å². The molecule has 0 unspecified atom stereocenters. The Kier molecular flexibility index (Phi) is 5.81. The summed E-state index contributed by atoms with van der Waals surface area (Å²) in [6.07, 6.45) is 1.50. The highest BCUT2D eigenvalue weighted by Gasteiger charge is 2.11. The fourth-order valence-corrected chi connectivity index (χ4v) is 2.39. The second kappa shape index (κ2) is 8.63. The third-order valence-corrected chi connectivity index (χ3v) is 3.63. The average molecular weight is 380 g/mol. The second-order valence-corrected chi connectivity index (χ2v) is 5.83. The number of carbonyl (C=O) groups is 2. The van der Waals surface area contributed by atoms with Gasteiger partial charge < -0.3 is 15.8 Å². The summed E-state index contributed by atoms with van der Waals surface area (Å²) in [5.41, 5.74) is 6.50. The van der Waals surface area contributed by atoms with Crippen molar-refractivity contribution in [3.05, 3.63) is 78.2 Å². The Bertz CT molecular complexity index is 996. The monoisotopic (exact) mass is 380 g/mol. The van der Waals surface area contributed by atoms with Crippen LogP contribution in [0.2, 0.25) is 0 Å². The van der Waals surface area contributed by atoms with Crippen LogP contribution in [-0.2, 0) is 11.2 Å². The Morgan fingerprint density at radius 2 is 1.86 bits per heavy atom. The average Bonchev–Trinajstić information content (AvgIpc) is 2.64. The van der Waals surface area contributed by atoms with E-state index >= 15 is 0 Å². The molecule has 0 aliphatic carbocycles. The van der Waals surface area contributed by atoms with Crippen molar-refractivity contribution in [1.29, 1.82) is 0 Å². The van der Waals surface area contributed by atoms with Crippen molar-refractivity contribution in [2.45, 2.75) is 6.42 Å². The van der Waals surface area contributed by atoms with Crippen molar-refractivity contribution in [1.82, 2.24) is 10.3 Å². The molecule has 0 saturated heterocycles. The number of benzene rings is 2. The minimum absolute atomic E-state index is 0.0447. The van der Waals surface area contributed by atoms with Gasteiger partial charge in [-0.3, -0.25) is 10.1 Å². The number of pyridine rings is 1. The predicted octanol–water partition coefficient (Wildman–Crippen LogP) is 3.49. The topological polar surface area (TPSA) is 106 Å². The molecule has 0 radical (unpaired) electrons. The van der Waals surface area contributed by atoms with Crippen LogP contribution in [0.5, 0.6) is 11.5 Å². The summed E-state index contributed by atoms with van der Waals surface area (Å²) in [6, 6.07) is 15.1. The van der Waals surface area contributed by atoms with Gasteiger partial charge in [-0.25, -0.2) is 14.2 Å². The number of amides is 3. The van der Waals surface area contributed by atoms with Crippen molar-refractivity contribution >= 4 is 23.4 Å². The first-order chi connectivity index (χ1) is 13.5. The number of nitrogen functional groups attached to an aromatic ring is 1. The molecule has 3 rings (SSSR count). The summed E-state index contributed by atoms with van der Waals surface area (Å²) in [6.45, 7) is 0. The summed E-state index contributed by atoms with van der Waals surface area (Å²) >= 11 is 0. The van der Waals surface area contributed by atoms with E-state index in [0.717, 1.165) is 11.6 Å². The molecule has 0 spiro atoms. The van der Waals surface area contributed by atoms with E-state index in [4.69, 9.17) is 10.5 Å². The molecule has 0 atom stereocenters. The van der Waals surface area contributed by atoms with Crippen LogP contribution in [0.15, 0.2) is 66.9 Å². The number of urea groups is 1. The third-order valence-electron chi connectivity index (χ3n) is 3.63. The molecule has 28 heavy (non-hydrogen) atoms. The van der Waals surface area contributed by atoms with Crippen LogP contribution in [0.1, 0.15) is 5.56 Å². The molecule has 3 aromatic rings. The number of hydrogen-bond donors (Lipinski definition) is 3. The fraction of sp³-hybridized carbons (Fsp3) is 0.0500. The highest BCUT2D eigenvalue weighted by molar-refractivity contribution is 6.01. The zero-order valence-electron chi connectivity index (χ0n) is 14.7. The van der Waals surface area contributed by atoms with E-state index in [0.29, 0.717) is 5.75 Å². The zero-order chi connectivity index (χ0) is 19.9. The van der Waals surface area contributed by atoms with Crippen molar-refractivity contribution in [3.63, 3.8) is 0 Å². The lowest BCUT2D eigenvalue weighted by molar-refractivity contribution is -0.119. The van der Waals surface area contributed by atoms with Gasteiger partial charge in [-0.05, 0) is 23.8 Å². The van der Waals surface area contributed by atoms with Crippen LogP contribution in [0.4, 0.5) is 20.7 Å². The minimum Gasteiger partial charge on any atom is -0.454 e. The first-order valence-corrected chi connectivity index (χ1v) is 8.33. The maximum Gasteiger partial charge on any atom is 0.325 e. The van der Waals surface area contributed by atoms with E-state index in [-0.39, 0.29) is 23.7 Å². The number of nitrogens with one attached hydrogen (secondary N) is 2. The summed E-state index contributed by atoms with van der Waals surface area (Å²) in [5, 5.41) is 4.60. The van der Waals surface area contributed by atoms with Crippen molar-refractivity contribution in [2.24, 2.45) is 0 Å². The van der Waals surface area contributed by atoms with Crippen LogP contribution >= 0.6 is 0 Å². The molecule has 0 bridgehead atoms. The number of ether oxygens (including phenoxy) is 1. The van der Waals surface area contributed by atoms with Crippen molar-refractivity contribution < 1.29 is 18.7 Å². The van der Waals surface area contributed by atoms with Gasteiger partial charge in [0.2, 0.25) is 5.91 Å². The van der Waals surface area contributed by atoms with Gasteiger partial charge in [-0.2, -0.15) is 0 Å². The van der Waals surface area contributed by atoms with Gasteiger partial charge in [-0.1, -0.05) is 30.3 Å². The standard InChI is InChI=1S/C20H17FN4O3/c21-16-11-14(6-7-17(16)28-15-8-9-23-18(22)12-15)24-20(27)25-19(26)10-13-4-2-1-3-5-13/h1-9,11-12H,10H2,(H2,22,23)(H2,24,25,26,27). The van der Waals surface area contributed by atoms with E-state index < -0.39 is 17.8 Å². The number of hydrogen-bond acceptors (Lipinski definition) is 5. The first kappa shape index (κ1) is 18.8. The molecular formula is C20H17FN4O3. The van der Waals surface area contributed by atoms with Gasteiger partial charge in [0, 0.05) is 24.0 Å². The van der Waals surface area contributed by atoms with Crippen molar-refractivity contribution in [2.75, 3.05) is 11.1 Å². The SMILES string of the molecule is Nc1cc(Oc2ccc(NC(=O)NC(=O)Cc3ccccc3)cc2F)ccn1. The number of aromatic nitrogens is 1. The smallest absolute Gasteiger partial charge is 0.325 e. The van der Waals surface area contributed by atoms with E-state index in [1.54, 1.807) is 24.3 Å². The Balaban J connectivity index is 1.57. The molecule has 8 heteroatoms. The zero-order valence-corrected chi connectivity index (χ0v) is 14.7. The normalized spacial score (nSPS) is 10.2. The number of nitrogens with two attached hydrogens (primary N) is 1. The quantitative estimate of drug-likeness (QED) is 0.628. The van der Waals surface area contributed by atoms with E-state index in [9.17, 15) is 14.0 Å². The van der Waals surface area contributed by atoms with Crippen LogP contribution in [0, 0.1) is 5.82 Å². The number of nitrogens with zero attached hydrogens (tertiary/aromatic N) is 1. The summed E-state index contributed by atoms with van der Waals surface area (Å²) in [5.74, 6) is -0.635. The lowest BCUT2D eigenvalue weighted by Gasteiger charge is -2.10. The molecule has 4 N–H and O–H groups in total. The number of rotatable bonds is 5. The molecule has 0 saturated carbocycles. The Labute approximate surface area is 160 Å². The summed E-state index contributed by atoms with van der Waals surface area (Å²) < 4.78 is 19.6. The van der Waals surface area contributed by atoms with Gasteiger partial charge in [-0.15, -0.1) is 0 Å². The van der Waals surface area contributed by atoms with Gasteiger partial charge in [0.05, 0.1) is 6.42 Å². The highest BCUT2D eigenvalue weighted by Crippen LogP contribution is 2.27. The van der Waals surface area contributed by atoms with E-state index in [2.05, 4.69) is 15.6 Å². The maximum atomic E-state index is 14.2. The minimum atomic E-state index is -0.754. The van der Waals surface area contributed by atoms with Crippen LogP contribution in [0.3, 0.4) is 0 Å². The largest absolute Gasteiger partial charge is 0.454 e. The number of anilines is 2. The molecule has 142 valence electrons. The maximum absolute atomic E-state index is 14.2. The number of imide groups is 1. The highest BCUT2D eigenvalue weighted by atomic mass is 19.1. The van der Waals surface area contributed by atoms with Gasteiger partial charge in [0.1, 0.15) is 11.6 Å². The Morgan fingerprint density at radius 3 is 2.57 bits per heavy atom. The molecule has 7 nitrogen and oxygen atoms in total. The van der Waals surface area contributed by atoms with E-state index in [1.807, 2.05) is 6.07 Å². The fourth-order valence-electron chi connectivity index (χ4n) is 2.39. The van der Waals surface area contributed by atoms with Crippen LogP contribution in [0.25, 0.3) is 0 Å². The molecule has 1 heterocycles. The molecule has 3 amide bonds. The molecule has 0 fully saturated rings. The lowest BCUT2D eigenvalue weighted by atomic mass is 10.1. The molecule has 1 aromatic heterocycles. The number of halogens is 1. The molecular weight excluding hydrogens is 363 g/mol. The van der Waals surface area contributed by atoms with Crippen LogP contribution in [-0.4, -0.2) is 16.9 Å². The summed E-state index contributed by atoms with van der Waals surface area (Å²) in [4.78, 5) is 27.6. The second-order valence-electron chi connectivity index (χ2n) is 5.83. The first-order valence-electron chi connectivity index (χ1n) is 8.33. The molecule has 0 aliphatic rings. The van der Waals surface area contributed by atoms with Gasteiger partial charge in [0.25, 0.3) is 0 Å². The number of carbonyl (C=O) groups excluding carboxylic acids is 2. The Hall–Kier alpha value is -3.94.